The van der Waals surface area contributed by atoms with E-state index in [-0.39, 0.29) is 0 Å². The smallest absolute Gasteiger partial charge is 0.164 e. The molecule has 2 aliphatic carbocycles. The fourth-order valence-corrected chi connectivity index (χ4v) is 3.43. The monoisotopic (exact) mass is 355 g/mol. The first-order valence-corrected chi connectivity index (χ1v) is 9.61. The van der Waals surface area contributed by atoms with Crippen LogP contribution in [0.4, 0.5) is 16.0 Å². The van der Waals surface area contributed by atoms with Crippen LogP contribution < -0.4 is 10.6 Å². The van der Waals surface area contributed by atoms with Crippen molar-refractivity contribution in [2.75, 3.05) is 17.2 Å². The van der Waals surface area contributed by atoms with Gasteiger partial charge in [-0.15, -0.1) is 0 Å². The molecule has 0 atom stereocenters. The summed E-state index contributed by atoms with van der Waals surface area (Å²) in [6.07, 6.45) is 11.5. The van der Waals surface area contributed by atoms with Crippen molar-refractivity contribution in [3.63, 3.8) is 0 Å². The third kappa shape index (κ3) is 4.11. The molecule has 2 aliphatic rings. The molecular weight excluding hydrogens is 329 g/mol. The summed E-state index contributed by atoms with van der Waals surface area (Å²) in [5, 5.41) is 6.79. The summed E-state index contributed by atoms with van der Waals surface area (Å²) < 4.78 is 14.4. The Hall–Kier alpha value is -2.24. The van der Waals surface area contributed by atoms with Crippen LogP contribution in [0.2, 0.25) is 0 Å². The third-order valence-electron chi connectivity index (χ3n) is 5.51. The Bertz CT molecular complexity index is 769. The predicted molar refractivity (Wildman–Crippen MR) is 102 cm³/mol. The zero-order valence-electron chi connectivity index (χ0n) is 15.3. The van der Waals surface area contributed by atoms with Gasteiger partial charge in [-0.1, -0.05) is 26.2 Å². The van der Waals surface area contributed by atoms with Gasteiger partial charge in [0, 0.05) is 18.8 Å². The summed E-state index contributed by atoms with van der Waals surface area (Å²) in [5.74, 6) is 1.43. The second kappa shape index (κ2) is 7.17. The lowest BCUT2D eigenvalue weighted by Crippen LogP contribution is -2.22. The van der Waals surface area contributed by atoms with E-state index in [0.29, 0.717) is 28.7 Å². The van der Waals surface area contributed by atoms with Gasteiger partial charge in [0.25, 0.3) is 0 Å². The minimum Gasteiger partial charge on any atom is -0.369 e. The van der Waals surface area contributed by atoms with Gasteiger partial charge in [0.15, 0.2) is 11.6 Å². The van der Waals surface area contributed by atoms with Gasteiger partial charge >= 0.3 is 0 Å². The highest BCUT2D eigenvalue weighted by atomic mass is 19.1. The number of halogens is 1. The number of nitrogens with one attached hydrogen (secondary N) is 2. The van der Waals surface area contributed by atoms with Gasteiger partial charge in [-0.25, -0.2) is 19.3 Å². The molecule has 2 saturated carbocycles. The molecule has 0 amide bonds. The summed E-state index contributed by atoms with van der Waals surface area (Å²) in [5.41, 5.74) is 0.768. The van der Waals surface area contributed by atoms with E-state index in [1.165, 1.54) is 38.3 Å². The van der Waals surface area contributed by atoms with Crippen molar-refractivity contribution in [1.29, 1.82) is 0 Å². The number of nitrogens with zero attached hydrogens (tertiary/aromatic N) is 3. The molecule has 0 spiro atoms. The molecule has 0 bridgehead atoms. The lowest BCUT2D eigenvalue weighted by Gasteiger charge is -2.23. The normalized spacial score (nSPS) is 19.2. The lowest BCUT2D eigenvalue weighted by molar-refractivity contribution is 0.461. The Morgan fingerprint density at radius 1 is 1.15 bits per heavy atom. The van der Waals surface area contributed by atoms with Crippen LogP contribution in [-0.4, -0.2) is 27.5 Å². The SMILES string of the molecule is CC1(CNc2ccnc(-c3cc(NC4CCCCC4)ncc3F)n2)CC1. The Labute approximate surface area is 153 Å². The van der Waals surface area contributed by atoms with Gasteiger partial charge in [0.2, 0.25) is 0 Å². The van der Waals surface area contributed by atoms with E-state index in [2.05, 4.69) is 32.5 Å². The highest BCUT2D eigenvalue weighted by Gasteiger charge is 2.36. The van der Waals surface area contributed by atoms with Crippen LogP contribution in [0.1, 0.15) is 51.9 Å². The minimum absolute atomic E-state index is 0.379. The standard InChI is InChI=1S/C20H26FN5/c1-20(8-9-20)13-24-17-7-10-22-19(26-17)15-11-18(23-12-16(15)21)25-14-5-3-2-4-6-14/h7,10-12,14H,2-6,8-9,13H2,1H3,(H,23,25)(H,22,24,26). The van der Waals surface area contributed by atoms with E-state index < -0.39 is 5.82 Å². The van der Waals surface area contributed by atoms with Gasteiger partial charge in [-0.3, -0.25) is 0 Å². The maximum Gasteiger partial charge on any atom is 0.164 e. The molecule has 2 aromatic heterocycles. The molecule has 5 nitrogen and oxygen atoms in total. The Kier molecular flexibility index (Phi) is 4.74. The van der Waals surface area contributed by atoms with E-state index in [4.69, 9.17) is 0 Å². The summed E-state index contributed by atoms with van der Waals surface area (Å²) >= 11 is 0. The average molecular weight is 355 g/mol. The molecule has 0 radical (unpaired) electrons. The molecule has 2 heterocycles. The molecule has 2 N–H and O–H groups in total. The fourth-order valence-electron chi connectivity index (χ4n) is 3.43. The van der Waals surface area contributed by atoms with Crippen molar-refractivity contribution < 1.29 is 4.39 Å². The van der Waals surface area contributed by atoms with Crippen LogP contribution in [0, 0.1) is 11.2 Å². The summed E-state index contributed by atoms with van der Waals surface area (Å²) in [6.45, 7) is 3.14. The zero-order chi connectivity index (χ0) is 18.0. The zero-order valence-corrected chi connectivity index (χ0v) is 15.3. The first-order valence-electron chi connectivity index (χ1n) is 9.61. The number of rotatable bonds is 6. The first kappa shape index (κ1) is 17.2. The number of anilines is 2. The Balaban J connectivity index is 1.51. The highest BCUT2D eigenvalue weighted by molar-refractivity contribution is 5.61. The number of hydrogen-bond acceptors (Lipinski definition) is 5. The van der Waals surface area contributed by atoms with Gasteiger partial charge in [-0.05, 0) is 43.2 Å². The molecule has 0 aliphatic heterocycles. The minimum atomic E-state index is -0.398. The van der Waals surface area contributed by atoms with Gasteiger partial charge in [0.1, 0.15) is 11.6 Å². The summed E-state index contributed by atoms with van der Waals surface area (Å²) in [7, 11) is 0. The molecular formula is C20H26FN5. The second-order valence-corrected chi connectivity index (χ2v) is 7.96. The van der Waals surface area contributed by atoms with Crippen LogP contribution in [-0.2, 0) is 0 Å². The summed E-state index contributed by atoms with van der Waals surface area (Å²) in [4.78, 5) is 13.0. The van der Waals surface area contributed by atoms with E-state index in [1.807, 2.05) is 6.07 Å². The van der Waals surface area contributed by atoms with Gasteiger partial charge in [-0.2, -0.15) is 0 Å². The molecule has 0 saturated heterocycles. The van der Waals surface area contributed by atoms with Crippen molar-refractivity contribution in [1.82, 2.24) is 15.0 Å². The maximum atomic E-state index is 14.4. The van der Waals surface area contributed by atoms with Crippen molar-refractivity contribution in [2.45, 2.75) is 57.9 Å². The first-order chi connectivity index (χ1) is 12.6. The van der Waals surface area contributed by atoms with Crippen molar-refractivity contribution in [2.24, 2.45) is 5.41 Å². The predicted octanol–water partition coefficient (Wildman–Crippen LogP) is 4.63. The fraction of sp³-hybridized carbons (Fsp3) is 0.550. The number of hydrogen-bond donors (Lipinski definition) is 2. The Morgan fingerprint density at radius 2 is 1.96 bits per heavy atom. The topological polar surface area (TPSA) is 62.7 Å². The van der Waals surface area contributed by atoms with Crippen molar-refractivity contribution >= 4 is 11.6 Å². The molecule has 6 heteroatoms. The molecule has 26 heavy (non-hydrogen) atoms. The van der Waals surface area contributed by atoms with E-state index >= 15 is 0 Å². The van der Waals surface area contributed by atoms with E-state index in [1.54, 1.807) is 12.3 Å². The quantitative estimate of drug-likeness (QED) is 0.791. The van der Waals surface area contributed by atoms with Crippen LogP contribution in [0.25, 0.3) is 11.4 Å². The van der Waals surface area contributed by atoms with E-state index in [0.717, 1.165) is 25.2 Å². The largest absolute Gasteiger partial charge is 0.369 e. The van der Waals surface area contributed by atoms with Gasteiger partial charge in [0.05, 0.1) is 11.8 Å². The molecule has 2 aromatic rings. The molecule has 0 unspecified atom stereocenters. The van der Waals surface area contributed by atoms with Crippen molar-refractivity contribution in [3.05, 3.63) is 30.3 Å². The maximum absolute atomic E-state index is 14.4. The van der Waals surface area contributed by atoms with Crippen LogP contribution in [0.3, 0.4) is 0 Å². The lowest BCUT2D eigenvalue weighted by atomic mass is 9.95. The second-order valence-electron chi connectivity index (χ2n) is 7.96. The van der Waals surface area contributed by atoms with Gasteiger partial charge < -0.3 is 10.6 Å². The molecule has 2 fully saturated rings. The molecule has 0 aromatic carbocycles. The number of aromatic nitrogens is 3. The highest BCUT2D eigenvalue weighted by Crippen LogP contribution is 2.44. The number of pyridine rings is 1. The van der Waals surface area contributed by atoms with E-state index in [9.17, 15) is 4.39 Å². The Morgan fingerprint density at radius 3 is 2.73 bits per heavy atom. The third-order valence-corrected chi connectivity index (χ3v) is 5.51. The van der Waals surface area contributed by atoms with Crippen molar-refractivity contribution in [3.8, 4) is 11.4 Å². The van der Waals surface area contributed by atoms with Crippen LogP contribution in [0.5, 0.6) is 0 Å². The molecule has 4 rings (SSSR count). The average Bonchev–Trinajstić information content (AvgIpc) is 3.41. The molecule has 138 valence electrons. The van der Waals surface area contributed by atoms with Crippen LogP contribution in [0.15, 0.2) is 24.5 Å². The summed E-state index contributed by atoms with van der Waals surface area (Å²) in [6, 6.07) is 3.98. The van der Waals surface area contributed by atoms with Crippen LogP contribution >= 0.6 is 0 Å².